The Hall–Kier alpha value is -1.93. The van der Waals surface area contributed by atoms with Crippen LogP contribution in [0.3, 0.4) is 0 Å². The number of sulfone groups is 1. The number of nitrogens with zero attached hydrogens (tertiary/aromatic N) is 1. The number of hydrogen-bond acceptors (Lipinski definition) is 5. The van der Waals surface area contributed by atoms with Gasteiger partial charge >= 0.3 is 0 Å². The molecular formula is C16H15BrN2O4S. The van der Waals surface area contributed by atoms with E-state index in [1.807, 2.05) is 18.2 Å². The first-order chi connectivity index (χ1) is 11.4. The number of benzene rings is 1. The number of rotatable bonds is 4. The van der Waals surface area contributed by atoms with Gasteiger partial charge in [-0.25, -0.2) is 13.4 Å². The van der Waals surface area contributed by atoms with Crippen LogP contribution in [-0.2, 0) is 9.84 Å². The molecule has 0 bridgehead atoms. The second-order valence-electron chi connectivity index (χ2n) is 5.52. The van der Waals surface area contributed by atoms with Crippen molar-refractivity contribution < 1.29 is 17.9 Å². The fourth-order valence-corrected chi connectivity index (χ4v) is 4.46. The summed E-state index contributed by atoms with van der Waals surface area (Å²) in [5.41, 5.74) is 0.362. The van der Waals surface area contributed by atoms with Gasteiger partial charge in [0.2, 0.25) is 5.88 Å². The molecule has 8 heteroatoms. The summed E-state index contributed by atoms with van der Waals surface area (Å²) in [5.74, 6) is 0.781. The minimum Gasteiger partial charge on any atom is -0.439 e. The summed E-state index contributed by atoms with van der Waals surface area (Å²) in [6, 6.07) is 10.2. The summed E-state index contributed by atoms with van der Waals surface area (Å²) >= 11 is 3.36. The van der Waals surface area contributed by atoms with E-state index >= 15 is 0 Å². The Morgan fingerprint density at radius 1 is 1.29 bits per heavy atom. The standard InChI is InChI=1S/C16H15BrN2O4S/c17-12-2-1-3-14(8-12)23-15-5-4-11(9-18-15)16(20)19-13-6-7-24(21,22)10-13/h1-5,8-9,13H,6-7,10H2,(H,19,20). The number of halogens is 1. The number of carbonyl (C=O) groups is 1. The maximum atomic E-state index is 12.1. The first kappa shape index (κ1) is 16.9. The molecule has 1 unspecified atom stereocenters. The smallest absolute Gasteiger partial charge is 0.253 e. The Bertz CT molecular complexity index is 853. The first-order valence-electron chi connectivity index (χ1n) is 7.32. The van der Waals surface area contributed by atoms with Crippen molar-refractivity contribution in [1.29, 1.82) is 0 Å². The lowest BCUT2D eigenvalue weighted by atomic mass is 10.2. The zero-order valence-electron chi connectivity index (χ0n) is 12.6. The van der Waals surface area contributed by atoms with Crippen LogP contribution in [0.4, 0.5) is 0 Å². The molecule has 1 aromatic carbocycles. The summed E-state index contributed by atoms with van der Waals surface area (Å²) in [6.45, 7) is 0. The van der Waals surface area contributed by atoms with E-state index in [1.165, 1.54) is 6.20 Å². The average molecular weight is 411 g/mol. The van der Waals surface area contributed by atoms with Crippen LogP contribution in [0, 0.1) is 0 Å². The predicted molar refractivity (Wildman–Crippen MR) is 93.0 cm³/mol. The van der Waals surface area contributed by atoms with Gasteiger partial charge < -0.3 is 10.1 Å². The van der Waals surface area contributed by atoms with Gasteiger partial charge in [-0.3, -0.25) is 4.79 Å². The Labute approximate surface area is 148 Å². The Morgan fingerprint density at radius 2 is 2.12 bits per heavy atom. The molecule has 0 radical (unpaired) electrons. The van der Waals surface area contributed by atoms with Crippen molar-refractivity contribution >= 4 is 31.7 Å². The van der Waals surface area contributed by atoms with Crippen molar-refractivity contribution in [3.05, 3.63) is 52.6 Å². The van der Waals surface area contributed by atoms with Crippen LogP contribution in [-0.4, -0.2) is 36.9 Å². The maximum Gasteiger partial charge on any atom is 0.253 e. The van der Waals surface area contributed by atoms with E-state index < -0.39 is 9.84 Å². The lowest BCUT2D eigenvalue weighted by Crippen LogP contribution is -2.35. The molecule has 24 heavy (non-hydrogen) atoms. The molecule has 2 heterocycles. The second-order valence-corrected chi connectivity index (χ2v) is 8.66. The van der Waals surface area contributed by atoms with Gasteiger partial charge in [0.1, 0.15) is 5.75 Å². The van der Waals surface area contributed by atoms with Crippen molar-refractivity contribution in [1.82, 2.24) is 10.3 Å². The van der Waals surface area contributed by atoms with Crippen LogP contribution in [0.25, 0.3) is 0 Å². The second kappa shape index (κ2) is 6.90. The highest BCUT2D eigenvalue weighted by Gasteiger charge is 2.29. The van der Waals surface area contributed by atoms with Crippen LogP contribution in [0.1, 0.15) is 16.8 Å². The molecule has 1 atom stereocenters. The molecule has 6 nitrogen and oxygen atoms in total. The van der Waals surface area contributed by atoms with E-state index in [2.05, 4.69) is 26.2 Å². The highest BCUT2D eigenvalue weighted by atomic mass is 79.9. The van der Waals surface area contributed by atoms with E-state index in [4.69, 9.17) is 4.74 Å². The molecule has 1 aromatic heterocycles. The van der Waals surface area contributed by atoms with Gasteiger partial charge in [-0.15, -0.1) is 0 Å². The maximum absolute atomic E-state index is 12.1. The molecule has 0 spiro atoms. The normalized spacial score (nSPS) is 19.0. The number of carbonyl (C=O) groups excluding carboxylic acids is 1. The lowest BCUT2D eigenvalue weighted by Gasteiger charge is -2.11. The molecule has 1 aliphatic heterocycles. The fourth-order valence-electron chi connectivity index (χ4n) is 2.40. The molecule has 0 saturated carbocycles. The Balaban J connectivity index is 1.62. The number of aromatic nitrogens is 1. The zero-order valence-corrected chi connectivity index (χ0v) is 15.0. The number of amides is 1. The zero-order chi connectivity index (χ0) is 17.2. The third-order valence-corrected chi connectivity index (χ3v) is 5.85. The van der Waals surface area contributed by atoms with E-state index in [1.54, 1.807) is 18.2 Å². The summed E-state index contributed by atoms with van der Waals surface area (Å²) in [6.07, 6.45) is 1.86. The number of pyridine rings is 1. The van der Waals surface area contributed by atoms with E-state index in [-0.39, 0.29) is 23.5 Å². The van der Waals surface area contributed by atoms with Crippen molar-refractivity contribution in [2.24, 2.45) is 0 Å². The monoisotopic (exact) mass is 410 g/mol. The fraction of sp³-hybridized carbons (Fsp3) is 0.250. The summed E-state index contributed by atoms with van der Waals surface area (Å²) in [7, 11) is -3.02. The third kappa shape index (κ3) is 4.33. The SMILES string of the molecule is O=C(NC1CCS(=O)(=O)C1)c1ccc(Oc2cccc(Br)c2)nc1. The number of ether oxygens (including phenoxy) is 1. The predicted octanol–water partition coefficient (Wildman–Crippen LogP) is 2.55. The van der Waals surface area contributed by atoms with Crippen molar-refractivity contribution in [2.75, 3.05) is 11.5 Å². The quantitative estimate of drug-likeness (QED) is 0.836. The molecule has 3 rings (SSSR count). The summed E-state index contributed by atoms with van der Waals surface area (Å²) < 4.78 is 29.3. The van der Waals surface area contributed by atoms with Gasteiger partial charge in [0.25, 0.3) is 5.91 Å². The van der Waals surface area contributed by atoms with Crippen LogP contribution in [0.5, 0.6) is 11.6 Å². The van der Waals surface area contributed by atoms with Crippen LogP contribution in [0.15, 0.2) is 47.1 Å². The molecule has 1 saturated heterocycles. The highest BCUT2D eigenvalue weighted by Crippen LogP contribution is 2.23. The minimum atomic E-state index is -3.02. The van der Waals surface area contributed by atoms with Gasteiger partial charge in [-0.1, -0.05) is 22.0 Å². The lowest BCUT2D eigenvalue weighted by molar-refractivity contribution is 0.0940. The minimum absolute atomic E-state index is 0.00372. The van der Waals surface area contributed by atoms with Gasteiger partial charge in [-0.05, 0) is 30.7 Å². The van der Waals surface area contributed by atoms with Crippen molar-refractivity contribution in [3.63, 3.8) is 0 Å². The highest BCUT2D eigenvalue weighted by molar-refractivity contribution is 9.10. The first-order valence-corrected chi connectivity index (χ1v) is 9.93. The summed E-state index contributed by atoms with van der Waals surface area (Å²) in [5, 5.41) is 2.72. The molecule has 1 aliphatic rings. The van der Waals surface area contributed by atoms with Gasteiger partial charge in [0.15, 0.2) is 9.84 Å². The van der Waals surface area contributed by atoms with Gasteiger partial charge in [0, 0.05) is 22.8 Å². The van der Waals surface area contributed by atoms with Crippen LogP contribution >= 0.6 is 15.9 Å². The summed E-state index contributed by atoms with van der Waals surface area (Å²) in [4.78, 5) is 16.2. The molecular weight excluding hydrogens is 396 g/mol. The average Bonchev–Trinajstić information content (AvgIpc) is 2.87. The van der Waals surface area contributed by atoms with E-state index in [0.29, 0.717) is 23.6 Å². The van der Waals surface area contributed by atoms with Crippen LogP contribution in [0.2, 0.25) is 0 Å². The molecule has 1 fully saturated rings. The molecule has 2 aromatic rings. The molecule has 1 N–H and O–H groups in total. The van der Waals surface area contributed by atoms with E-state index in [9.17, 15) is 13.2 Å². The van der Waals surface area contributed by atoms with E-state index in [0.717, 1.165) is 4.47 Å². The van der Waals surface area contributed by atoms with Gasteiger partial charge in [0.05, 0.1) is 17.1 Å². The molecule has 1 amide bonds. The third-order valence-electron chi connectivity index (χ3n) is 3.58. The van der Waals surface area contributed by atoms with Crippen molar-refractivity contribution in [2.45, 2.75) is 12.5 Å². The largest absolute Gasteiger partial charge is 0.439 e. The van der Waals surface area contributed by atoms with Crippen molar-refractivity contribution in [3.8, 4) is 11.6 Å². The topological polar surface area (TPSA) is 85.4 Å². The Morgan fingerprint density at radius 3 is 2.75 bits per heavy atom. The van der Waals surface area contributed by atoms with Gasteiger partial charge in [-0.2, -0.15) is 0 Å². The number of hydrogen-bond donors (Lipinski definition) is 1. The molecule has 126 valence electrons. The molecule has 0 aliphatic carbocycles. The van der Waals surface area contributed by atoms with Crippen LogP contribution < -0.4 is 10.1 Å². The number of nitrogens with one attached hydrogen (secondary N) is 1. The Kier molecular flexibility index (Phi) is 4.86.